The van der Waals surface area contributed by atoms with Gasteiger partial charge in [0.1, 0.15) is 0 Å². The van der Waals surface area contributed by atoms with Gasteiger partial charge in [0, 0.05) is 35.6 Å². The third kappa shape index (κ3) is 6.24. The molecular formula is C22H26N2O5S2. The summed E-state index contributed by atoms with van der Waals surface area (Å²) in [5, 5.41) is 2.65. The highest BCUT2D eigenvalue weighted by atomic mass is 32.2. The Bertz CT molecular complexity index is 1050. The normalized spacial score (nSPS) is 18.2. The van der Waals surface area contributed by atoms with Gasteiger partial charge in [-0.2, -0.15) is 0 Å². The van der Waals surface area contributed by atoms with Crippen LogP contribution in [0.5, 0.6) is 0 Å². The van der Waals surface area contributed by atoms with Gasteiger partial charge in [0.15, 0.2) is 15.9 Å². The molecule has 1 amide bonds. The van der Waals surface area contributed by atoms with Gasteiger partial charge in [-0.15, -0.1) is 11.8 Å². The van der Waals surface area contributed by atoms with E-state index in [0.29, 0.717) is 22.6 Å². The van der Waals surface area contributed by atoms with Crippen molar-refractivity contribution in [3.05, 3.63) is 54.1 Å². The van der Waals surface area contributed by atoms with Crippen molar-refractivity contribution in [1.29, 1.82) is 0 Å². The molecule has 1 aliphatic rings. The zero-order valence-corrected chi connectivity index (χ0v) is 19.3. The number of carbonyl (C=O) groups is 2. The first kappa shape index (κ1) is 23.1. The van der Waals surface area contributed by atoms with Crippen molar-refractivity contribution in [1.82, 2.24) is 0 Å². The van der Waals surface area contributed by atoms with Gasteiger partial charge in [-0.1, -0.05) is 12.1 Å². The third-order valence-corrected chi connectivity index (χ3v) is 8.22. The van der Waals surface area contributed by atoms with Crippen LogP contribution in [-0.4, -0.2) is 57.2 Å². The number of anilines is 2. The molecule has 2 atom stereocenters. The van der Waals surface area contributed by atoms with Crippen molar-refractivity contribution in [2.45, 2.75) is 29.6 Å². The molecule has 1 N–H and O–H groups in total. The molecule has 0 aromatic heterocycles. The van der Waals surface area contributed by atoms with Crippen LogP contribution in [0.25, 0.3) is 0 Å². The van der Waals surface area contributed by atoms with Gasteiger partial charge in [-0.3, -0.25) is 4.79 Å². The molecule has 166 valence electrons. The van der Waals surface area contributed by atoms with Crippen molar-refractivity contribution < 1.29 is 22.7 Å². The minimum atomic E-state index is -3.01. The van der Waals surface area contributed by atoms with Crippen molar-refractivity contribution >= 4 is 44.9 Å². The number of nitrogens with one attached hydrogen (secondary N) is 1. The molecule has 1 aliphatic heterocycles. The molecule has 2 aromatic carbocycles. The molecule has 1 heterocycles. The number of sulfone groups is 1. The van der Waals surface area contributed by atoms with E-state index in [1.54, 1.807) is 36.4 Å². The van der Waals surface area contributed by atoms with Crippen molar-refractivity contribution in [3.63, 3.8) is 0 Å². The maximum atomic E-state index is 12.7. The monoisotopic (exact) mass is 462 g/mol. The van der Waals surface area contributed by atoms with Crippen molar-refractivity contribution in [2.24, 2.45) is 0 Å². The molecule has 9 heteroatoms. The molecule has 0 aliphatic carbocycles. The average Bonchev–Trinajstić information content (AvgIpc) is 3.06. The van der Waals surface area contributed by atoms with Crippen molar-refractivity contribution in [2.75, 3.05) is 35.8 Å². The lowest BCUT2D eigenvalue weighted by molar-refractivity contribution is -0.123. The van der Waals surface area contributed by atoms with Gasteiger partial charge in [-0.05, 0) is 49.7 Å². The molecular weight excluding hydrogens is 436 g/mol. The van der Waals surface area contributed by atoms with Crippen molar-refractivity contribution in [3.8, 4) is 0 Å². The molecule has 7 nitrogen and oxygen atoms in total. The Hall–Kier alpha value is -2.52. The maximum absolute atomic E-state index is 12.7. The molecule has 1 fully saturated rings. The van der Waals surface area contributed by atoms with Crippen LogP contribution in [0.1, 0.15) is 23.7 Å². The van der Waals surface area contributed by atoms with Crippen LogP contribution in [0, 0.1) is 0 Å². The summed E-state index contributed by atoms with van der Waals surface area (Å²) in [5.41, 5.74) is 1.94. The van der Waals surface area contributed by atoms with Gasteiger partial charge in [0.05, 0.1) is 17.1 Å². The van der Waals surface area contributed by atoms with Crippen LogP contribution < -0.4 is 10.2 Å². The molecule has 0 radical (unpaired) electrons. The van der Waals surface area contributed by atoms with Gasteiger partial charge in [0.2, 0.25) is 0 Å². The standard InChI is InChI=1S/C22H26N2O5S2/c1-15(21(25)23-16-8-10-17(11-9-16)24(2)3)29-22(26)19-6-4-5-7-20(19)30-18-12-13-31(27,28)14-18/h4-11,15,18H,12-14H2,1-3H3,(H,23,25)/t15-,18+/m0/s1. The van der Waals surface area contributed by atoms with E-state index in [1.807, 2.05) is 31.1 Å². The Balaban J connectivity index is 1.62. The lowest BCUT2D eigenvalue weighted by Gasteiger charge is -2.17. The number of thioether (sulfide) groups is 1. The molecule has 0 saturated carbocycles. The smallest absolute Gasteiger partial charge is 0.340 e. The molecule has 1 saturated heterocycles. The SMILES string of the molecule is C[C@H](OC(=O)c1ccccc1S[C@@H]1CCS(=O)(=O)C1)C(=O)Nc1ccc(N(C)C)cc1. The summed E-state index contributed by atoms with van der Waals surface area (Å²) in [4.78, 5) is 27.8. The zero-order valence-electron chi connectivity index (χ0n) is 17.7. The minimum absolute atomic E-state index is 0.0928. The van der Waals surface area contributed by atoms with E-state index >= 15 is 0 Å². The fourth-order valence-electron chi connectivity index (χ4n) is 3.14. The van der Waals surface area contributed by atoms with E-state index in [0.717, 1.165) is 5.69 Å². The van der Waals surface area contributed by atoms with Crippen LogP contribution >= 0.6 is 11.8 Å². The number of carbonyl (C=O) groups excluding carboxylic acids is 2. The average molecular weight is 463 g/mol. The number of benzene rings is 2. The second kappa shape index (κ2) is 9.74. The molecule has 0 spiro atoms. The number of nitrogens with zero attached hydrogens (tertiary/aromatic N) is 1. The summed E-state index contributed by atoms with van der Waals surface area (Å²) in [6, 6.07) is 14.2. The Morgan fingerprint density at radius 1 is 1.13 bits per heavy atom. The van der Waals surface area contributed by atoms with Gasteiger partial charge < -0.3 is 15.0 Å². The lowest BCUT2D eigenvalue weighted by atomic mass is 10.2. The molecule has 0 unspecified atom stereocenters. The zero-order chi connectivity index (χ0) is 22.6. The first-order valence-electron chi connectivity index (χ1n) is 9.90. The highest BCUT2D eigenvalue weighted by molar-refractivity contribution is 8.02. The third-order valence-electron chi connectivity index (χ3n) is 4.90. The molecule has 3 rings (SSSR count). The van der Waals surface area contributed by atoms with Crippen LogP contribution in [0.15, 0.2) is 53.4 Å². The van der Waals surface area contributed by atoms with Crippen LogP contribution in [0.4, 0.5) is 11.4 Å². The highest BCUT2D eigenvalue weighted by Crippen LogP contribution is 2.33. The van der Waals surface area contributed by atoms with E-state index in [4.69, 9.17) is 4.74 Å². The Morgan fingerprint density at radius 2 is 1.81 bits per heavy atom. The van der Waals surface area contributed by atoms with E-state index < -0.39 is 27.8 Å². The van der Waals surface area contributed by atoms with Gasteiger partial charge in [0.25, 0.3) is 5.91 Å². The largest absolute Gasteiger partial charge is 0.449 e. The quantitative estimate of drug-likeness (QED) is 0.632. The number of rotatable bonds is 7. The predicted octanol–water partition coefficient (Wildman–Crippen LogP) is 3.22. The minimum Gasteiger partial charge on any atom is -0.449 e. The lowest BCUT2D eigenvalue weighted by Crippen LogP contribution is -2.30. The summed E-state index contributed by atoms with van der Waals surface area (Å²) in [6.07, 6.45) is -0.437. The van der Waals surface area contributed by atoms with Crippen LogP contribution in [-0.2, 0) is 19.4 Å². The fourth-order valence-corrected chi connectivity index (χ4v) is 6.75. The number of hydrogen-bond donors (Lipinski definition) is 1. The number of hydrogen-bond acceptors (Lipinski definition) is 7. The fraction of sp³-hybridized carbons (Fsp3) is 0.364. The summed E-state index contributed by atoms with van der Waals surface area (Å²) >= 11 is 1.37. The Labute approximate surface area is 187 Å². The summed E-state index contributed by atoms with van der Waals surface area (Å²) < 4.78 is 28.8. The number of ether oxygens (including phenoxy) is 1. The second-order valence-corrected chi connectivity index (χ2v) is 11.2. The van der Waals surface area contributed by atoms with E-state index in [9.17, 15) is 18.0 Å². The molecule has 0 bridgehead atoms. The maximum Gasteiger partial charge on any atom is 0.340 e. The van der Waals surface area contributed by atoms with Crippen LogP contribution in [0.3, 0.4) is 0 Å². The first-order chi connectivity index (χ1) is 14.6. The van der Waals surface area contributed by atoms with E-state index in [-0.39, 0.29) is 16.8 Å². The van der Waals surface area contributed by atoms with E-state index in [1.165, 1.54) is 18.7 Å². The van der Waals surface area contributed by atoms with E-state index in [2.05, 4.69) is 5.32 Å². The number of esters is 1. The van der Waals surface area contributed by atoms with Crippen LogP contribution in [0.2, 0.25) is 0 Å². The first-order valence-corrected chi connectivity index (χ1v) is 12.6. The number of amides is 1. The summed E-state index contributed by atoms with van der Waals surface area (Å²) in [7, 11) is 0.846. The Morgan fingerprint density at radius 3 is 2.42 bits per heavy atom. The Kier molecular flexibility index (Phi) is 7.27. The summed E-state index contributed by atoms with van der Waals surface area (Å²) in [6.45, 7) is 1.51. The highest BCUT2D eigenvalue weighted by Gasteiger charge is 2.30. The molecule has 31 heavy (non-hydrogen) atoms. The topological polar surface area (TPSA) is 92.8 Å². The van der Waals surface area contributed by atoms with Gasteiger partial charge in [-0.25, -0.2) is 13.2 Å². The predicted molar refractivity (Wildman–Crippen MR) is 124 cm³/mol. The molecule has 2 aromatic rings. The second-order valence-electron chi connectivity index (χ2n) is 7.62. The summed E-state index contributed by atoms with van der Waals surface area (Å²) in [5.74, 6) is -0.774. The van der Waals surface area contributed by atoms with Gasteiger partial charge >= 0.3 is 5.97 Å².